The Morgan fingerprint density at radius 1 is 1.41 bits per heavy atom. The molecule has 0 spiro atoms. The Kier molecular flexibility index (Phi) is 3.43. The number of hydrogen-bond donors (Lipinski definition) is 2. The molecule has 1 aromatic rings. The quantitative estimate of drug-likeness (QED) is 0.756. The monoisotopic (exact) mass is 253 g/mol. The third kappa shape index (κ3) is 2.64. The second-order valence-corrected chi connectivity index (χ2v) is 4.72. The van der Waals surface area contributed by atoms with E-state index < -0.39 is 0 Å². The number of nitrogens with one attached hydrogen (secondary N) is 1. The molecule has 17 heavy (non-hydrogen) atoms. The summed E-state index contributed by atoms with van der Waals surface area (Å²) >= 11 is 5.94. The van der Waals surface area contributed by atoms with Crippen molar-refractivity contribution in [3.05, 3.63) is 22.7 Å². The zero-order valence-electron chi connectivity index (χ0n) is 9.79. The van der Waals surface area contributed by atoms with Crippen molar-refractivity contribution in [1.82, 2.24) is 4.90 Å². The molecule has 0 bridgehead atoms. The molecule has 5 heteroatoms. The molecular formula is C12H16ClN3O. The van der Waals surface area contributed by atoms with Crippen LogP contribution in [0.2, 0.25) is 5.02 Å². The van der Waals surface area contributed by atoms with Gasteiger partial charge in [0.25, 0.3) is 0 Å². The van der Waals surface area contributed by atoms with Crippen LogP contribution >= 0.6 is 11.6 Å². The third-order valence-corrected chi connectivity index (χ3v) is 3.31. The van der Waals surface area contributed by atoms with E-state index in [0.717, 1.165) is 37.2 Å². The molecule has 0 atom stereocenters. The molecule has 3 N–H and O–H groups in total. The molecule has 0 aliphatic carbocycles. The van der Waals surface area contributed by atoms with Crippen LogP contribution in [0.3, 0.4) is 0 Å². The van der Waals surface area contributed by atoms with Crippen molar-refractivity contribution in [1.29, 1.82) is 0 Å². The van der Waals surface area contributed by atoms with Gasteiger partial charge in [0.1, 0.15) is 0 Å². The maximum absolute atomic E-state index is 11.9. The van der Waals surface area contributed by atoms with E-state index in [0.29, 0.717) is 10.7 Å². The second kappa shape index (κ2) is 4.84. The first-order valence-corrected chi connectivity index (χ1v) is 6.07. The van der Waals surface area contributed by atoms with Crippen LogP contribution in [0, 0.1) is 6.92 Å². The van der Waals surface area contributed by atoms with Gasteiger partial charge in [0, 0.05) is 18.8 Å². The first kappa shape index (κ1) is 12.0. The van der Waals surface area contributed by atoms with Crippen LogP contribution in [0.5, 0.6) is 0 Å². The summed E-state index contributed by atoms with van der Waals surface area (Å²) in [4.78, 5) is 13.7. The van der Waals surface area contributed by atoms with E-state index in [9.17, 15) is 4.79 Å². The number of likely N-dealkylation sites (tertiary alicyclic amines) is 1. The first-order valence-electron chi connectivity index (χ1n) is 5.69. The summed E-state index contributed by atoms with van der Waals surface area (Å²) in [5, 5.41) is 3.33. The first-order chi connectivity index (χ1) is 8.08. The molecule has 1 saturated heterocycles. The lowest BCUT2D eigenvalue weighted by Crippen LogP contribution is -2.32. The van der Waals surface area contributed by atoms with Crippen molar-refractivity contribution < 1.29 is 4.79 Å². The lowest BCUT2D eigenvalue weighted by molar-refractivity contribution is 0.222. The van der Waals surface area contributed by atoms with E-state index in [2.05, 4.69) is 5.32 Å². The Balaban J connectivity index is 2.12. The molecule has 92 valence electrons. The van der Waals surface area contributed by atoms with Gasteiger partial charge in [0.05, 0.1) is 10.7 Å². The lowest BCUT2D eigenvalue weighted by Gasteiger charge is -2.17. The van der Waals surface area contributed by atoms with Crippen molar-refractivity contribution in [3.8, 4) is 0 Å². The normalized spacial score (nSPS) is 15.1. The molecule has 1 aliphatic rings. The molecule has 1 aromatic carbocycles. The van der Waals surface area contributed by atoms with Gasteiger partial charge in [-0.15, -0.1) is 0 Å². The number of nitrogens with two attached hydrogens (primary N) is 1. The van der Waals surface area contributed by atoms with Gasteiger partial charge in [-0.05, 0) is 37.5 Å². The molecule has 1 heterocycles. The fourth-order valence-electron chi connectivity index (χ4n) is 1.95. The van der Waals surface area contributed by atoms with Crippen LogP contribution in [0.4, 0.5) is 16.2 Å². The fourth-order valence-corrected chi connectivity index (χ4v) is 2.12. The lowest BCUT2D eigenvalue weighted by atomic mass is 10.2. The minimum atomic E-state index is -0.0635. The van der Waals surface area contributed by atoms with Crippen molar-refractivity contribution in [2.45, 2.75) is 19.8 Å². The van der Waals surface area contributed by atoms with Crippen molar-refractivity contribution in [3.63, 3.8) is 0 Å². The average Bonchev–Trinajstić information content (AvgIpc) is 2.79. The largest absolute Gasteiger partial charge is 0.398 e. The van der Waals surface area contributed by atoms with Crippen LogP contribution in [0.1, 0.15) is 18.4 Å². The number of nitrogen functional groups attached to an aromatic ring is 1. The highest BCUT2D eigenvalue weighted by Crippen LogP contribution is 2.27. The summed E-state index contributed by atoms with van der Waals surface area (Å²) in [5.41, 5.74) is 7.86. The summed E-state index contributed by atoms with van der Waals surface area (Å²) in [6.07, 6.45) is 2.16. The van der Waals surface area contributed by atoms with Gasteiger partial charge in [-0.3, -0.25) is 0 Å². The van der Waals surface area contributed by atoms with Gasteiger partial charge in [-0.2, -0.15) is 0 Å². The van der Waals surface area contributed by atoms with Crippen molar-refractivity contribution >= 4 is 29.0 Å². The average molecular weight is 254 g/mol. The van der Waals surface area contributed by atoms with E-state index in [1.807, 2.05) is 11.8 Å². The Morgan fingerprint density at radius 3 is 2.71 bits per heavy atom. The Labute approximate surface area is 106 Å². The van der Waals surface area contributed by atoms with Crippen LogP contribution < -0.4 is 11.1 Å². The smallest absolute Gasteiger partial charge is 0.321 e. The number of carbonyl (C=O) groups is 1. The molecule has 4 nitrogen and oxygen atoms in total. The zero-order chi connectivity index (χ0) is 12.4. The summed E-state index contributed by atoms with van der Waals surface area (Å²) in [6.45, 7) is 3.55. The van der Waals surface area contributed by atoms with Gasteiger partial charge in [0.15, 0.2) is 0 Å². The molecule has 1 aliphatic heterocycles. The van der Waals surface area contributed by atoms with Gasteiger partial charge < -0.3 is 16.0 Å². The van der Waals surface area contributed by atoms with E-state index >= 15 is 0 Å². The summed E-state index contributed by atoms with van der Waals surface area (Å²) in [7, 11) is 0. The number of carbonyl (C=O) groups excluding carboxylic acids is 1. The predicted molar refractivity (Wildman–Crippen MR) is 70.4 cm³/mol. The van der Waals surface area contributed by atoms with E-state index in [-0.39, 0.29) is 6.03 Å². The minimum absolute atomic E-state index is 0.0635. The number of rotatable bonds is 1. The second-order valence-electron chi connectivity index (χ2n) is 4.31. The van der Waals surface area contributed by atoms with E-state index in [1.54, 1.807) is 12.1 Å². The Morgan fingerprint density at radius 2 is 2.06 bits per heavy atom. The molecule has 2 rings (SSSR count). The zero-order valence-corrected chi connectivity index (χ0v) is 10.5. The number of nitrogens with zero attached hydrogens (tertiary/aromatic N) is 1. The maximum atomic E-state index is 11.9. The van der Waals surface area contributed by atoms with Gasteiger partial charge in [0.2, 0.25) is 0 Å². The van der Waals surface area contributed by atoms with Gasteiger partial charge in [-0.25, -0.2) is 4.79 Å². The van der Waals surface area contributed by atoms with Crippen LogP contribution in [-0.2, 0) is 0 Å². The minimum Gasteiger partial charge on any atom is -0.398 e. The standard InChI is InChI=1S/C12H16ClN3O/c1-8-6-10(14)9(13)7-11(8)15-12(17)16-4-2-3-5-16/h6-7H,2-5,14H2,1H3,(H,15,17). The number of urea groups is 1. The van der Waals surface area contributed by atoms with Crippen LogP contribution in [0.25, 0.3) is 0 Å². The molecular weight excluding hydrogens is 238 g/mol. The number of hydrogen-bond acceptors (Lipinski definition) is 2. The summed E-state index contributed by atoms with van der Waals surface area (Å²) in [5.74, 6) is 0. The predicted octanol–water partition coefficient (Wildman–Crippen LogP) is 2.86. The maximum Gasteiger partial charge on any atom is 0.321 e. The molecule has 0 unspecified atom stereocenters. The van der Waals surface area contributed by atoms with Gasteiger partial charge >= 0.3 is 6.03 Å². The molecule has 0 saturated carbocycles. The molecule has 0 radical (unpaired) electrons. The van der Waals surface area contributed by atoms with Crippen LogP contribution in [0.15, 0.2) is 12.1 Å². The number of benzene rings is 1. The van der Waals surface area contributed by atoms with E-state index in [1.165, 1.54) is 0 Å². The van der Waals surface area contributed by atoms with Crippen molar-refractivity contribution in [2.75, 3.05) is 24.1 Å². The van der Waals surface area contributed by atoms with Crippen LogP contribution in [-0.4, -0.2) is 24.0 Å². The SMILES string of the molecule is Cc1cc(N)c(Cl)cc1NC(=O)N1CCCC1. The van der Waals surface area contributed by atoms with Gasteiger partial charge in [-0.1, -0.05) is 11.6 Å². The highest BCUT2D eigenvalue weighted by molar-refractivity contribution is 6.33. The Bertz CT molecular complexity index is 442. The molecule has 0 aromatic heterocycles. The summed E-state index contributed by atoms with van der Waals surface area (Å²) in [6, 6.07) is 3.40. The molecule has 2 amide bonds. The topological polar surface area (TPSA) is 58.4 Å². The Hall–Kier alpha value is -1.42. The van der Waals surface area contributed by atoms with E-state index in [4.69, 9.17) is 17.3 Å². The van der Waals surface area contributed by atoms with Crippen molar-refractivity contribution in [2.24, 2.45) is 0 Å². The highest BCUT2D eigenvalue weighted by atomic mass is 35.5. The highest BCUT2D eigenvalue weighted by Gasteiger charge is 2.18. The molecule has 1 fully saturated rings. The number of aryl methyl sites for hydroxylation is 1. The fraction of sp³-hybridized carbons (Fsp3) is 0.417. The number of amides is 2. The summed E-state index contributed by atoms with van der Waals surface area (Å²) < 4.78 is 0. The number of halogens is 1. The third-order valence-electron chi connectivity index (χ3n) is 2.98. The number of anilines is 2.